The maximum atomic E-state index is 3.47. The minimum atomic E-state index is 1.12. The van der Waals surface area contributed by atoms with Crippen LogP contribution >= 0.6 is 0 Å². The van der Waals surface area contributed by atoms with Gasteiger partial charge in [0, 0.05) is 42.1 Å². The first-order valence-electron chi connectivity index (χ1n) is 11.3. The molecule has 0 aliphatic rings. The lowest BCUT2D eigenvalue weighted by atomic mass is 10.0. The fourth-order valence-corrected chi connectivity index (χ4v) is 3.96. The summed E-state index contributed by atoms with van der Waals surface area (Å²) >= 11 is 0. The molecule has 0 saturated heterocycles. The van der Waals surface area contributed by atoms with Gasteiger partial charge in [0.15, 0.2) is 0 Å². The second kappa shape index (κ2) is 10.5. The minimum absolute atomic E-state index is 1.12. The predicted molar refractivity (Wildman–Crippen MR) is 145 cm³/mol. The van der Waals surface area contributed by atoms with Gasteiger partial charge >= 0.3 is 0 Å². The van der Waals surface area contributed by atoms with Crippen molar-refractivity contribution in [1.29, 1.82) is 0 Å². The molecule has 33 heavy (non-hydrogen) atoms. The van der Waals surface area contributed by atoms with Crippen molar-refractivity contribution in [3.05, 3.63) is 127 Å². The number of para-hydroxylation sites is 2. The molecule has 5 rings (SSSR count). The average molecular weight is 431 g/mol. The molecule has 0 fully saturated rings. The van der Waals surface area contributed by atoms with Crippen LogP contribution in [0.3, 0.4) is 0 Å². The van der Waals surface area contributed by atoms with Crippen molar-refractivity contribution < 1.29 is 0 Å². The lowest BCUT2D eigenvalue weighted by Gasteiger charge is -2.17. The van der Waals surface area contributed by atoms with Crippen LogP contribution < -0.4 is 10.2 Å². The summed E-state index contributed by atoms with van der Waals surface area (Å²) in [5.41, 5.74) is 7.38. The number of nitrogens with zero attached hydrogens (tertiary/aromatic N) is 1. The molecule has 0 amide bonds. The Hall–Kier alpha value is -4.04. The quantitative estimate of drug-likeness (QED) is 0.308. The molecular formula is C31H30N2. The number of fused-ring (bicyclic) bond motifs is 1. The van der Waals surface area contributed by atoms with E-state index in [0.717, 1.165) is 11.4 Å². The van der Waals surface area contributed by atoms with Crippen molar-refractivity contribution >= 4 is 27.8 Å². The van der Waals surface area contributed by atoms with Crippen molar-refractivity contribution in [3.8, 4) is 11.1 Å². The zero-order chi connectivity index (χ0) is 23.0. The fraction of sp³-hybridized carbons (Fsp3) is 0.0968. The number of benzene rings is 5. The normalized spacial score (nSPS) is 10.3. The standard InChI is InChI=1S/C17H15N.C14H15N/c1-13-11-12-17(16-10-6-5-9-15(13)16)18-14-7-3-2-4-8-14;1-15(2)14-11-7-6-10-13(14)12-8-4-3-5-9-12/h2-12,18H,1H3;3-11H,1-2H3. The zero-order valence-corrected chi connectivity index (χ0v) is 19.5. The van der Waals surface area contributed by atoms with E-state index in [1.165, 1.54) is 33.2 Å². The van der Waals surface area contributed by atoms with E-state index in [0.29, 0.717) is 0 Å². The first-order chi connectivity index (χ1) is 16.1. The molecule has 5 aromatic carbocycles. The number of hydrogen-bond acceptors (Lipinski definition) is 2. The molecule has 0 spiro atoms. The van der Waals surface area contributed by atoms with E-state index in [4.69, 9.17) is 0 Å². The van der Waals surface area contributed by atoms with Crippen molar-refractivity contribution in [2.24, 2.45) is 0 Å². The maximum absolute atomic E-state index is 3.47. The number of hydrogen-bond donors (Lipinski definition) is 1. The van der Waals surface area contributed by atoms with Gasteiger partial charge in [0.1, 0.15) is 0 Å². The molecule has 0 aromatic heterocycles. The molecule has 0 unspecified atom stereocenters. The molecule has 5 aromatic rings. The molecule has 2 nitrogen and oxygen atoms in total. The van der Waals surface area contributed by atoms with Crippen molar-refractivity contribution in [3.63, 3.8) is 0 Å². The van der Waals surface area contributed by atoms with Gasteiger partial charge in [0.05, 0.1) is 0 Å². The Morgan fingerprint density at radius 3 is 1.82 bits per heavy atom. The van der Waals surface area contributed by atoms with Gasteiger partial charge in [-0.3, -0.25) is 0 Å². The summed E-state index contributed by atoms with van der Waals surface area (Å²) in [6.07, 6.45) is 0. The molecule has 0 saturated carbocycles. The van der Waals surface area contributed by atoms with E-state index in [-0.39, 0.29) is 0 Å². The van der Waals surface area contributed by atoms with Gasteiger partial charge in [-0.15, -0.1) is 0 Å². The Kier molecular flexibility index (Phi) is 7.06. The monoisotopic (exact) mass is 430 g/mol. The molecular weight excluding hydrogens is 400 g/mol. The largest absolute Gasteiger partial charge is 0.377 e. The summed E-state index contributed by atoms with van der Waals surface area (Å²) in [7, 11) is 4.14. The van der Waals surface area contributed by atoms with E-state index in [2.05, 4.69) is 128 Å². The third kappa shape index (κ3) is 5.42. The molecule has 1 N–H and O–H groups in total. The molecule has 0 aliphatic heterocycles. The van der Waals surface area contributed by atoms with Gasteiger partial charge in [-0.05, 0) is 47.7 Å². The predicted octanol–water partition coefficient (Wildman–Crippen LogP) is 8.31. The number of anilines is 3. The third-order valence-electron chi connectivity index (χ3n) is 5.67. The number of rotatable bonds is 4. The lowest BCUT2D eigenvalue weighted by Crippen LogP contribution is -2.09. The summed E-state index contributed by atoms with van der Waals surface area (Å²) in [4.78, 5) is 2.14. The highest BCUT2D eigenvalue weighted by atomic mass is 15.1. The third-order valence-corrected chi connectivity index (χ3v) is 5.67. The molecule has 0 aliphatic carbocycles. The number of aryl methyl sites for hydroxylation is 1. The van der Waals surface area contributed by atoms with E-state index < -0.39 is 0 Å². The van der Waals surface area contributed by atoms with Gasteiger partial charge < -0.3 is 10.2 Å². The summed E-state index contributed by atoms with van der Waals surface area (Å²) in [6, 6.07) is 42.0. The van der Waals surface area contributed by atoms with Crippen molar-refractivity contribution in [1.82, 2.24) is 0 Å². The Balaban J connectivity index is 0.000000160. The highest BCUT2D eigenvalue weighted by Gasteiger charge is 2.05. The second-order valence-corrected chi connectivity index (χ2v) is 8.24. The van der Waals surface area contributed by atoms with Crippen LogP contribution in [-0.2, 0) is 0 Å². The Morgan fingerprint density at radius 2 is 1.12 bits per heavy atom. The lowest BCUT2D eigenvalue weighted by molar-refractivity contribution is 1.13. The Bertz CT molecular complexity index is 1310. The van der Waals surface area contributed by atoms with Gasteiger partial charge in [0.25, 0.3) is 0 Å². The minimum Gasteiger partial charge on any atom is -0.377 e. The first-order valence-corrected chi connectivity index (χ1v) is 11.3. The van der Waals surface area contributed by atoms with Gasteiger partial charge in [-0.2, -0.15) is 0 Å². The smallest absolute Gasteiger partial charge is 0.0464 e. The van der Waals surface area contributed by atoms with Crippen LogP contribution in [0, 0.1) is 6.92 Å². The molecule has 0 heterocycles. The maximum Gasteiger partial charge on any atom is 0.0464 e. The molecule has 2 heteroatoms. The highest BCUT2D eigenvalue weighted by molar-refractivity contribution is 5.97. The van der Waals surface area contributed by atoms with Crippen LogP contribution in [0.25, 0.3) is 21.9 Å². The van der Waals surface area contributed by atoms with E-state index in [1.807, 2.05) is 24.3 Å². The van der Waals surface area contributed by atoms with Crippen LogP contribution in [0.15, 0.2) is 121 Å². The van der Waals surface area contributed by atoms with Gasteiger partial charge in [-0.25, -0.2) is 0 Å². The van der Waals surface area contributed by atoms with Gasteiger partial charge in [0.2, 0.25) is 0 Å². The summed E-state index contributed by atoms with van der Waals surface area (Å²) in [6.45, 7) is 2.15. The SMILES string of the molecule is CN(C)c1ccccc1-c1ccccc1.Cc1ccc(Nc2ccccc2)c2ccccc12. The van der Waals surface area contributed by atoms with Crippen LogP contribution in [0.1, 0.15) is 5.56 Å². The molecule has 164 valence electrons. The Labute approximate surface area is 197 Å². The number of nitrogens with one attached hydrogen (secondary N) is 1. The van der Waals surface area contributed by atoms with E-state index in [9.17, 15) is 0 Å². The zero-order valence-electron chi connectivity index (χ0n) is 19.5. The summed E-state index contributed by atoms with van der Waals surface area (Å²) < 4.78 is 0. The Morgan fingerprint density at radius 1 is 0.545 bits per heavy atom. The topological polar surface area (TPSA) is 15.3 Å². The molecule has 0 atom stereocenters. The summed E-state index contributed by atoms with van der Waals surface area (Å²) in [5, 5.41) is 6.04. The highest BCUT2D eigenvalue weighted by Crippen LogP contribution is 2.29. The summed E-state index contributed by atoms with van der Waals surface area (Å²) in [5.74, 6) is 0. The van der Waals surface area contributed by atoms with Crippen LogP contribution in [0.4, 0.5) is 17.1 Å². The van der Waals surface area contributed by atoms with Crippen molar-refractivity contribution in [2.45, 2.75) is 6.92 Å². The first kappa shape index (κ1) is 22.2. The van der Waals surface area contributed by atoms with Crippen LogP contribution in [0.5, 0.6) is 0 Å². The second-order valence-electron chi connectivity index (χ2n) is 8.24. The fourth-order valence-electron chi connectivity index (χ4n) is 3.96. The van der Waals surface area contributed by atoms with E-state index in [1.54, 1.807) is 0 Å². The van der Waals surface area contributed by atoms with Crippen molar-refractivity contribution in [2.75, 3.05) is 24.3 Å². The van der Waals surface area contributed by atoms with Crippen LogP contribution in [0.2, 0.25) is 0 Å². The van der Waals surface area contributed by atoms with Crippen LogP contribution in [-0.4, -0.2) is 14.1 Å². The van der Waals surface area contributed by atoms with Gasteiger partial charge in [-0.1, -0.05) is 97.1 Å². The van der Waals surface area contributed by atoms with E-state index >= 15 is 0 Å². The molecule has 0 bridgehead atoms. The molecule has 0 radical (unpaired) electrons. The average Bonchev–Trinajstić information content (AvgIpc) is 2.87.